The summed E-state index contributed by atoms with van der Waals surface area (Å²) in [6.45, 7) is 1.86. The molecule has 0 spiro atoms. The molecule has 0 aliphatic carbocycles. The van der Waals surface area contributed by atoms with Crippen LogP contribution in [-0.2, 0) is 0 Å². The molecule has 5 heteroatoms. The molecule has 0 radical (unpaired) electrons. The zero-order chi connectivity index (χ0) is 14.7. The van der Waals surface area contributed by atoms with Crippen molar-refractivity contribution in [1.29, 1.82) is 5.26 Å². The van der Waals surface area contributed by atoms with Gasteiger partial charge in [-0.2, -0.15) is 5.26 Å². The maximum atomic E-state index is 11.2. The lowest BCUT2D eigenvalue weighted by Gasteiger charge is -2.10. The summed E-state index contributed by atoms with van der Waals surface area (Å²) in [5, 5.41) is 8.89. The molecule has 5 nitrogen and oxygen atoms in total. The predicted octanol–water partition coefficient (Wildman–Crippen LogP) is 2.34. The van der Waals surface area contributed by atoms with Crippen LogP contribution in [0.1, 0.15) is 21.5 Å². The van der Waals surface area contributed by atoms with Crippen LogP contribution in [0, 0.1) is 18.3 Å². The lowest BCUT2D eigenvalue weighted by molar-refractivity contribution is 0.100. The summed E-state index contributed by atoms with van der Waals surface area (Å²) in [6, 6.07) is 11.9. The number of nitriles is 1. The van der Waals surface area contributed by atoms with Gasteiger partial charge in [0.2, 0.25) is 0 Å². The van der Waals surface area contributed by atoms with Crippen molar-refractivity contribution in [1.82, 2.24) is 0 Å². The first-order chi connectivity index (χ1) is 9.51. The number of rotatable bonds is 3. The minimum Gasteiger partial charge on any atom is -0.457 e. The third kappa shape index (κ3) is 2.70. The zero-order valence-electron chi connectivity index (χ0n) is 10.9. The van der Waals surface area contributed by atoms with Gasteiger partial charge in [-0.15, -0.1) is 0 Å². The Morgan fingerprint density at radius 3 is 2.65 bits per heavy atom. The third-order valence-corrected chi connectivity index (χ3v) is 2.84. The Balaban J connectivity index is 2.38. The van der Waals surface area contributed by atoms with E-state index in [4.69, 9.17) is 21.5 Å². The number of aryl methyl sites for hydroxylation is 1. The molecule has 100 valence electrons. The van der Waals surface area contributed by atoms with Gasteiger partial charge in [-0.25, -0.2) is 0 Å². The fourth-order valence-electron chi connectivity index (χ4n) is 1.72. The second-order valence-electron chi connectivity index (χ2n) is 4.31. The second-order valence-corrected chi connectivity index (χ2v) is 4.31. The van der Waals surface area contributed by atoms with Crippen LogP contribution in [0.2, 0.25) is 0 Å². The van der Waals surface area contributed by atoms with E-state index in [0.717, 1.165) is 5.56 Å². The van der Waals surface area contributed by atoms with Crippen molar-refractivity contribution in [3.8, 4) is 17.6 Å². The van der Waals surface area contributed by atoms with E-state index >= 15 is 0 Å². The van der Waals surface area contributed by atoms with E-state index in [9.17, 15) is 4.79 Å². The number of benzene rings is 2. The first kappa shape index (κ1) is 13.4. The zero-order valence-corrected chi connectivity index (χ0v) is 10.9. The number of nitrogen functional groups attached to an aromatic ring is 1. The number of hydrogen-bond acceptors (Lipinski definition) is 4. The maximum Gasteiger partial charge on any atom is 0.250 e. The van der Waals surface area contributed by atoms with Crippen LogP contribution in [0.4, 0.5) is 5.69 Å². The van der Waals surface area contributed by atoms with Crippen LogP contribution in [0.25, 0.3) is 0 Å². The van der Waals surface area contributed by atoms with Gasteiger partial charge in [0.1, 0.15) is 11.5 Å². The monoisotopic (exact) mass is 267 g/mol. The van der Waals surface area contributed by atoms with Gasteiger partial charge in [-0.1, -0.05) is 6.07 Å². The molecule has 4 N–H and O–H groups in total. The Labute approximate surface area is 116 Å². The topological polar surface area (TPSA) is 102 Å². The summed E-state index contributed by atoms with van der Waals surface area (Å²) in [6.07, 6.45) is 0. The molecule has 0 aliphatic rings. The van der Waals surface area contributed by atoms with Gasteiger partial charge < -0.3 is 16.2 Å². The maximum absolute atomic E-state index is 11.2. The van der Waals surface area contributed by atoms with Crippen LogP contribution in [0.15, 0.2) is 36.4 Å². The largest absolute Gasteiger partial charge is 0.457 e. The third-order valence-electron chi connectivity index (χ3n) is 2.84. The first-order valence-corrected chi connectivity index (χ1v) is 5.89. The van der Waals surface area contributed by atoms with Gasteiger partial charge in [0.15, 0.2) is 0 Å². The van der Waals surface area contributed by atoms with E-state index < -0.39 is 5.91 Å². The minimum absolute atomic E-state index is 0.205. The fraction of sp³-hybridized carbons (Fsp3) is 0.0667. The Morgan fingerprint density at radius 2 is 2.00 bits per heavy atom. The van der Waals surface area contributed by atoms with E-state index in [0.29, 0.717) is 22.7 Å². The SMILES string of the molecule is Cc1ccc(C#N)cc1Oc1ccc(N)c(C(N)=O)c1. The summed E-state index contributed by atoms with van der Waals surface area (Å²) in [7, 11) is 0. The molecule has 0 atom stereocenters. The van der Waals surface area contributed by atoms with Crippen LogP contribution in [-0.4, -0.2) is 5.91 Å². The fourth-order valence-corrected chi connectivity index (χ4v) is 1.72. The Bertz CT molecular complexity index is 718. The number of hydrogen-bond donors (Lipinski definition) is 2. The Hall–Kier alpha value is -3.00. The van der Waals surface area contributed by atoms with Crippen LogP contribution >= 0.6 is 0 Å². The summed E-state index contributed by atoms with van der Waals surface area (Å²) >= 11 is 0. The lowest BCUT2D eigenvalue weighted by Crippen LogP contribution is -2.13. The first-order valence-electron chi connectivity index (χ1n) is 5.89. The van der Waals surface area contributed by atoms with Crippen molar-refractivity contribution in [2.24, 2.45) is 5.73 Å². The van der Waals surface area contributed by atoms with Gasteiger partial charge in [0.05, 0.1) is 17.2 Å². The number of carbonyl (C=O) groups excluding carboxylic acids is 1. The molecule has 0 heterocycles. The van der Waals surface area contributed by atoms with Crippen LogP contribution in [0.5, 0.6) is 11.5 Å². The molecule has 20 heavy (non-hydrogen) atoms. The predicted molar refractivity (Wildman–Crippen MR) is 75.3 cm³/mol. The van der Waals surface area contributed by atoms with Crippen molar-refractivity contribution >= 4 is 11.6 Å². The molecule has 1 amide bonds. The quantitative estimate of drug-likeness (QED) is 0.833. The number of anilines is 1. The van der Waals surface area contributed by atoms with Gasteiger partial charge in [-0.3, -0.25) is 4.79 Å². The highest BCUT2D eigenvalue weighted by Crippen LogP contribution is 2.28. The van der Waals surface area contributed by atoms with Crippen LogP contribution in [0.3, 0.4) is 0 Å². The molecule has 0 aliphatic heterocycles. The number of primary amides is 1. The highest BCUT2D eigenvalue weighted by Gasteiger charge is 2.09. The molecule has 0 saturated carbocycles. The summed E-state index contributed by atoms with van der Waals surface area (Å²) in [4.78, 5) is 11.2. The number of nitrogens with zero attached hydrogens (tertiary/aromatic N) is 1. The standard InChI is InChI=1S/C15H13N3O2/c1-9-2-3-10(8-16)6-14(9)20-11-4-5-13(17)12(7-11)15(18)19/h2-7H,17H2,1H3,(H2,18,19). The molecular formula is C15H13N3O2. The highest BCUT2D eigenvalue weighted by molar-refractivity contribution is 5.98. The van der Waals surface area contributed by atoms with Gasteiger partial charge in [-0.05, 0) is 42.8 Å². The van der Waals surface area contributed by atoms with Gasteiger partial charge in [0.25, 0.3) is 5.91 Å². The van der Waals surface area contributed by atoms with Crippen LogP contribution < -0.4 is 16.2 Å². The molecule has 0 fully saturated rings. The Morgan fingerprint density at radius 1 is 1.25 bits per heavy atom. The minimum atomic E-state index is -0.615. The van der Waals surface area contributed by atoms with E-state index in [2.05, 4.69) is 0 Å². The highest BCUT2D eigenvalue weighted by atomic mass is 16.5. The smallest absolute Gasteiger partial charge is 0.250 e. The average molecular weight is 267 g/mol. The molecule has 2 rings (SSSR count). The number of nitrogens with two attached hydrogens (primary N) is 2. The average Bonchev–Trinajstić information content (AvgIpc) is 2.43. The van der Waals surface area contributed by atoms with E-state index in [1.807, 2.05) is 13.0 Å². The molecule has 0 bridgehead atoms. The van der Waals surface area contributed by atoms with Crippen molar-refractivity contribution in [3.05, 3.63) is 53.1 Å². The molecule has 0 saturated heterocycles. The number of carbonyl (C=O) groups is 1. The Kier molecular flexibility index (Phi) is 3.58. The van der Waals surface area contributed by atoms with E-state index in [1.165, 1.54) is 6.07 Å². The molecule has 0 aromatic heterocycles. The molecule has 0 unspecified atom stereocenters. The summed E-state index contributed by atoms with van der Waals surface area (Å²) < 4.78 is 5.68. The van der Waals surface area contributed by atoms with Crippen molar-refractivity contribution in [2.75, 3.05) is 5.73 Å². The van der Waals surface area contributed by atoms with E-state index in [-0.39, 0.29) is 5.56 Å². The lowest BCUT2D eigenvalue weighted by atomic mass is 10.1. The molecule has 2 aromatic carbocycles. The normalized spacial score (nSPS) is 9.80. The second kappa shape index (κ2) is 5.33. The molecule has 2 aromatic rings. The van der Waals surface area contributed by atoms with Crippen molar-refractivity contribution in [3.63, 3.8) is 0 Å². The van der Waals surface area contributed by atoms with Crippen molar-refractivity contribution < 1.29 is 9.53 Å². The number of ether oxygens (including phenoxy) is 1. The summed E-state index contributed by atoms with van der Waals surface area (Å²) in [5.41, 5.74) is 12.8. The van der Waals surface area contributed by atoms with Gasteiger partial charge >= 0.3 is 0 Å². The molecular weight excluding hydrogens is 254 g/mol. The van der Waals surface area contributed by atoms with E-state index in [1.54, 1.807) is 30.3 Å². The van der Waals surface area contributed by atoms with Gasteiger partial charge in [0, 0.05) is 5.69 Å². The summed E-state index contributed by atoms with van der Waals surface area (Å²) in [5.74, 6) is 0.367. The van der Waals surface area contributed by atoms with Crippen molar-refractivity contribution in [2.45, 2.75) is 6.92 Å². The number of amides is 1.